The highest BCUT2D eigenvalue weighted by Gasteiger charge is 2.41. The molecule has 0 radical (unpaired) electrons. The van der Waals surface area contributed by atoms with E-state index in [2.05, 4.69) is 19.8 Å². The van der Waals surface area contributed by atoms with Crippen molar-refractivity contribution in [3.63, 3.8) is 0 Å². The van der Waals surface area contributed by atoms with Crippen molar-refractivity contribution in [3.8, 4) is 0 Å². The van der Waals surface area contributed by atoms with E-state index in [1.807, 2.05) is 6.07 Å². The Bertz CT molecular complexity index is 624. The maximum atomic E-state index is 12.4. The summed E-state index contributed by atoms with van der Waals surface area (Å²) in [5, 5.41) is 0. The van der Waals surface area contributed by atoms with Gasteiger partial charge in [-0.3, -0.25) is 4.79 Å². The van der Waals surface area contributed by atoms with Crippen LogP contribution in [0.3, 0.4) is 0 Å². The highest BCUT2D eigenvalue weighted by atomic mass is 16.5. The lowest BCUT2D eigenvalue weighted by Gasteiger charge is -2.48. The van der Waals surface area contributed by atoms with Crippen LogP contribution >= 0.6 is 0 Å². The molecule has 7 nitrogen and oxygen atoms in total. The highest BCUT2D eigenvalue weighted by Crippen LogP contribution is 2.41. The fourth-order valence-electron chi connectivity index (χ4n) is 4.46. The minimum atomic E-state index is 0.239. The van der Waals surface area contributed by atoms with E-state index in [9.17, 15) is 4.79 Å². The van der Waals surface area contributed by atoms with Crippen LogP contribution in [-0.4, -0.2) is 59.7 Å². The van der Waals surface area contributed by atoms with E-state index >= 15 is 0 Å². The molecule has 1 spiro atoms. The predicted octanol–water partition coefficient (Wildman–Crippen LogP) is 1.45. The van der Waals surface area contributed by atoms with Gasteiger partial charge in [0, 0.05) is 45.3 Å². The number of carbonyl (C=O) groups is 1. The number of aromatic nitrogens is 2. The molecule has 1 atom stereocenters. The Morgan fingerprint density at radius 3 is 2.84 bits per heavy atom. The van der Waals surface area contributed by atoms with E-state index in [4.69, 9.17) is 10.5 Å². The number of rotatable bonds is 3. The second kappa shape index (κ2) is 6.78. The van der Waals surface area contributed by atoms with Crippen molar-refractivity contribution in [1.82, 2.24) is 14.9 Å². The molecule has 1 unspecified atom stereocenters. The van der Waals surface area contributed by atoms with E-state index in [0.717, 1.165) is 70.7 Å². The van der Waals surface area contributed by atoms with Gasteiger partial charge in [-0.25, -0.2) is 9.97 Å². The van der Waals surface area contributed by atoms with Gasteiger partial charge in [0.05, 0.1) is 6.10 Å². The number of nitrogens with two attached hydrogens (primary N) is 1. The Kier molecular flexibility index (Phi) is 4.50. The molecule has 4 rings (SSSR count). The monoisotopic (exact) mass is 345 g/mol. The number of hydrogen-bond acceptors (Lipinski definition) is 6. The molecule has 136 valence electrons. The van der Waals surface area contributed by atoms with Gasteiger partial charge in [0.25, 0.3) is 0 Å². The summed E-state index contributed by atoms with van der Waals surface area (Å²) in [4.78, 5) is 25.0. The Hall–Kier alpha value is -1.89. The number of anilines is 2. The van der Waals surface area contributed by atoms with Crippen molar-refractivity contribution in [2.45, 2.75) is 44.6 Å². The van der Waals surface area contributed by atoms with Crippen LogP contribution in [-0.2, 0) is 9.53 Å². The lowest BCUT2D eigenvalue weighted by Crippen LogP contribution is -2.53. The molecular formula is C18H27N5O2. The van der Waals surface area contributed by atoms with E-state index in [1.165, 1.54) is 6.33 Å². The predicted molar refractivity (Wildman–Crippen MR) is 95.1 cm³/mol. The number of carbonyl (C=O) groups excluding carboxylic acids is 1. The Labute approximate surface area is 148 Å². The Balaban J connectivity index is 1.38. The zero-order valence-corrected chi connectivity index (χ0v) is 14.7. The summed E-state index contributed by atoms with van der Waals surface area (Å²) in [5.74, 6) is 1.72. The second-order valence-electron chi connectivity index (χ2n) is 7.70. The molecule has 1 amide bonds. The quantitative estimate of drug-likeness (QED) is 0.892. The first-order valence-corrected chi connectivity index (χ1v) is 9.35. The van der Waals surface area contributed by atoms with E-state index in [-0.39, 0.29) is 11.5 Å². The topological polar surface area (TPSA) is 84.6 Å². The molecule has 7 heteroatoms. The second-order valence-corrected chi connectivity index (χ2v) is 7.70. The van der Waals surface area contributed by atoms with Crippen LogP contribution in [0.15, 0.2) is 12.4 Å². The third-order valence-electron chi connectivity index (χ3n) is 6.02. The fourth-order valence-corrected chi connectivity index (χ4v) is 4.46. The molecule has 3 aliphatic heterocycles. The summed E-state index contributed by atoms with van der Waals surface area (Å²) in [7, 11) is 0. The lowest BCUT2D eigenvalue weighted by molar-refractivity contribution is -0.140. The SMILES string of the molecule is Nc1cc(N2CCC3(CCC(=O)N(CC4CCCO4)C3)CC2)ncn1. The number of ether oxygens (including phenoxy) is 1. The molecule has 0 bridgehead atoms. The summed E-state index contributed by atoms with van der Waals surface area (Å²) in [6.45, 7) is 4.41. The Morgan fingerprint density at radius 2 is 2.12 bits per heavy atom. The van der Waals surface area contributed by atoms with E-state index < -0.39 is 0 Å². The van der Waals surface area contributed by atoms with Crippen molar-refractivity contribution in [1.29, 1.82) is 0 Å². The molecule has 1 aromatic rings. The molecular weight excluding hydrogens is 318 g/mol. The minimum Gasteiger partial charge on any atom is -0.384 e. The van der Waals surface area contributed by atoms with Gasteiger partial charge in [-0.05, 0) is 37.5 Å². The number of nitrogens with zero attached hydrogens (tertiary/aromatic N) is 4. The largest absolute Gasteiger partial charge is 0.384 e. The van der Waals surface area contributed by atoms with Crippen molar-refractivity contribution >= 4 is 17.5 Å². The smallest absolute Gasteiger partial charge is 0.222 e. The first kappa shape index (κ1) is 16.6. The first-order chi connectivity index (χ1) is 12.1. The average Bonchev–Trinajstić information content (AvgIpc) is 3.12. The third kappa shape index (κ3) is 3.56. The number of amides is 1. The molecule has 1 aromatic heterocycles. The molecule has 0 saturated carbocycles. The average molecular weight is 345 g/mol. The fraction of sp³-hybridized carbons (Fsp3) is 0.722. The van der Waals surface area contributed by atoms with Crippen LogP contribution in [0, 0.1) is 5.41 Å². The summed E-state index contributed by atoms with van der Waals surface area (Å²) >= 11 is 0. The minimum absolute atomic E-state index is 0.239. The van der Waals surface area contributed by atoms with Gasteiger partial charge in [0.1, 0.15) is 18.0 Å². The number of nitrogen functional groups attached to an aromatic ring is 1. The van der Waals surface area contributed by atoms with Gasteiger partial charge in [-0.1, -0.05) is 0 Å². The summed E-state index contributed by atoms with van der Waals surface area (Å²) in [6.07, 6.45) is 7.83. The van der Waals surface area contributed by atoms with E-state index in [1.54, 1.807) is 0 Å². The summed E-state index contributed by atoms with van der Waals surface area (Å²) in [6, 6.07) is 1.84. The zero-order chi connectivity index (χ0) is 17.3. The van der Waals surface area contributed by atoms with Crippen molar-refractivity contribution in [3.05, 3.63) is 12.4 Å². The molecule has 3 saturated heterocycles. The Morgan fingerprint density at radius 1 is 1.28 bits per heavy atom. The first-order valence-electron chi connectivity index (χ1n) is 9.35. The van der Waals surface area contributed by atoms with Gasteiger partial charge in [-0.2, -0.15) is 0 Å². The molecule has 25 heavy (non-hydrogen) atoms. The zero-order valence-electron chi connectivity index (χ0n) is 14.7. The maximum Gasteiger partial charge on any atom is 0.222 e. The lowest BCUT2D eigenvalue weighted by atomic mass is 9.72. The van der Waals surface area contributed by atoms with Crippen molar-refractivity contribution in [2.75, 3.05) is 43.4 Å². The summed E-state index contributed by atoms with van der Waals surface area (Å²) < 4.78 is 5.74. The van der Waals surface area contributed by atoms with Gasteiger partial charge >= 0.3 is 0 Å². The standard InChI is InChI=1S/C18H27N5O2/c19-15-10-16(21-13-20-15)22-7-5-18(6-8-22)4-3-17(24)23(12-18)11-14-2-1-9-25-14/h10,13-14H,1-9,11-12H2,(H2,19,20,21). The number of hydrogen-bond donors (Lipinski definition) is 1. The molecule has 0 aliphatic carbocycles. The van der Waals surface area contributed by atoms with Crippen LogP contribution < -0.4 is 10.6 Å². The number of piperidine rings is 2. The van der Waals surface area contributed by atoms with Crippen LogP contribution in [0.2, 0.25) is 0 Å². The highest BCUT2D eigenvalue weighted by molar-refractivity contribution is 5.77. The number of likely N-dealkylation sites (tertiary alicyclic amines) is 1. The van der Waals surface area contributed by atoms with Crippen molar-refractivity contribution < 1.29 is 9.53 Å². The molecule has 0 aromatic carbocycles. The maximum absolute atomic E-state index is 12.4. The van der Waals surface area contributed by atoms with Crippen LogP contribution in [0.25, 0.3) is 0 Å². The normalized spacial score (nSPS) is 26.4. The van der Waals surface area contributed by atoms with Gasteiger partial charge in [0.2, 0.25) is 5.91 Å². The molecule has 4 heterocycles. The van der Waals surface area contributed by atoms with Crippen LogP contribution in [0.5, 0.6) is 0 Å². The van der Waals surface area contributed by atoms with Crippen molar-refractivity contribution in [2.24, 2.45) is 5.41 Å². The van der Waals surface area contributed by atoms with Crippen LogP contribution in [0.1, 0.15) is 38.5 Å². The summed E-state index contributed by atoms with van der Waals surface area (Å²) in [5.41, 5.74) is 6.03. The van der Waals surface area contributed by atoms with Gasteiger partial charge in [-0.15, -0.1) is 0 Å². The van der Waals surface area contributed by atoms with E-state index in [0.29, 0.717) is 18.1 Å². The molecule has 2 N–H and O–H groups in total. The third-order valence-corrected chi connectivity index (χ3v) is 6.02. The van der Waals surface area contributed by atoms with Gasteiger partial charge in [0.15, 0.2) is 0 Å². The van der Waals surface area contributed by atoms with Crippen LogP contribution in [0.4, 0.5) is 11.6 Å². The van der Waals surface area contributed by atoms with Gasteiger partial charge < -0.3 is 20.3 Å². The molecule has 3 aliphatic rings. The molecule has 3 fully saturated rings.